The first-order valence-corrected chi connectivity index (χ1v) is 9.55. The van der Waals surface area contributed by atoms with Gasteiger partial charge in [-0.3, -0.25) is 9.78 Å². The third-order valence-corrected chi connectivity index (χ3v) is 4.81. The molecule has 26 heavy (non-hydrogen) atoms. The number of anilines is 2. The van der Waals surface area contributed by atoms with Gasteiger partial charge in [-0.15, -0.1) is 0 Å². The molecule has 2 heterocycles. The number of hydrogen-bond acceptors (Lipinski definition) is 4. The van der Waals surface area contributed by atoms with E-state index in [2.05, 4.69) is 28.2 Å². The summed E-state index contributed by atoms with van der Waals surface area (Å²) in [5, 5.41) is 4.08. The average molecular weight is 373 g/mol. The molecule has 0 saturated carbocycles. The average Bonchev–Trinajstić information content (AvgIpc) is 2.68. The summed E-state index contributed by atoms with van der Waals surface area (Å²) in [4.78, 5) is 21.2. The first-order chi connectivity index (χ1) is 12.7. The predicted octanol–water partition coefficient (Wildman–Crippen LogP) is 3.91. The molecular weight excluding hydrogens is 348 g/mol. The van der Waals surface area contributed by atoms with Crippen molar-refractivity contribution < 1.29 is 4.79 Å². The van der Waals surface area contributed by atoms with Crippen molar-refractivity contribution in [3.63, 3.8) is 0 Å². The number of carbonyl (C=O) groups excluding carboxylic acids is 1. The maximum Gasteiger partial charge on any atom is 0.272 e. The van der Waals surface area contributed by atoms with E-state index in [1.807, 2.05) is 35.2 Å². The van der Waals surface area contributed by atoms with Crippen LogP contribution in [0.15, 0.2) is 42.6 Å². The number of pyridine rings is 1. The zero-order chi connectivity index (χ0) is 18.4. The fourth-order valence-corrected chi connectivity index (χ4v) is 3.25. The lowest BCUT2D eigenvalue weighted by atomic mass is 10.2. The van der Waals surface area contributed by atoms with Crippen LogP contribution < -0.4 is 10.2 Å². The van der Waals surface area contributed by atoms with Gasteiger partial charge in [0.1, 0.15) is 5.69 Å². The second-order valence-electron chi connectivity index (χ2n) is 6.47. The summed E-state index contributed by atoms with van der Waals surface area (Å²) in [6.07, 6.45) is 3.95. The standard InChI is InChI=1S/C20H25ClN4O/c1-2-3-8-22-17-7-9-23-19(15-17)20(26)25-12-10-24(11-13-25)18-6-4-5-16(21)14-18/h4-7,9,14-15H,2-3,8,10-13H2,1H3,(H,22,23). The molecule has 0 spiro atoms. The van der Waals surface area contributed by atoms with E-state index in [9.17, 15) is 4.79 Å². The third-order valence-electron chi connectivity index (χ3n) is 4.58. The Morgan fingerprint density at radius 3 is 2.73 bits per heavy atom. The Balaban J connectivity index is 1.59. The van der Waals surface area contributed by atoms with Gasteiger partial charge in [-0.1, -0.05) is 31.0 Å². The monoisotopic (exact) mass is 372 g/mol. The van der Waals surface area contributed by atoms with Crippen molar-refractivity contribution in [2.24, 2.45) is 0 Å². The van der Waals surface area contributed by atoms with Crippen molar-refractivity contribution in [2.75, 3.05) is 42.9 Å². The summed E-state index contributed by atoms with van der Waals surface area (Å²) < 4.78 is 0. The lowest BCUT2D eigenvalue weighted by Crippen LogP contribution is -2.49. The molecule has 0 radical (unpaired) electrons. The number of aromatic nitrogens is 1. The van der Waals surface area contributed by atoms with Crippen LogP contribution >= 0.6 is 11.6 Å². The number of hydrogen-bond donors (Lipinski definition) is 1. The minimum absolute atomic E-state index is 0.00474. The van der Waals surface area contributed by atoms with Gasteiger partial charge in [0.2, 0.25) is 0 Å². The Hall–Kier alpha value is -2.27. The zero-order valence-electron chi connectivity index (χ0n) is 15.1. The largest absolute Gasteiger partial charge is 0.385 e. The predicted molar refractivity (Wildman–Crippen MR) is 107 cm³/mol. The number of carbonyl (C=O) groups is 1. The highest BCUT2D eigenvalue weighted by molar-refractivity contribution is 6.30. The van der Waals surface area contributed by atoms with Gasteiger partial charge < -0.3 is 15.1 Å². The maximum atomic E-state index is 12.8. The van der Waals surface area contributed by atoms with Crippen LogP contribution in [-0.4, -0.2) is 48.5 Å². The Bertz CT molecular complexity index is 744. The van der Waals surface area contributed by atoms with E-state index in [4.69, 9.17) is 11.6 Å². The van der Waals surface area contributed by atoms with Gasteiger partial charge in [-0.05, 0) is 36.8 Å². The van der Waals surface area contributed by atoms with E-state index in [-0.39, 0.29) is 5.91 Å². The van der Waals surface area contributed by atoms with E-state index in [1.54, 1.807) is 6.20 Å². The number of rotatable bonds is 6. The summed E-state index contributed by atoms with van der Waals surface area (Å²) in [7, 11) is 0. The molecule has 1 aromatic heterocycles. The second-order valence-corrected chi connectivity index (χ2v) is 6.91. The number of benzene rings is 1. The van der Waals surface area contributed by atoms with E-state index in [0.29, 0.717) is 18.8 Å². The molecule has 1 amide bonds. The minimum atomic E-state index is -0.00474. The number of nitrogens with one attached hydrogen (secondary N) is 1. The molecule has 0 aliphatic carbocycles. The SMILES string of the molecule is CCCCNc1ccnc(C(=O)N2CCN(c3cccc(Cl)c3)CC2)c1. The lowest BCUT2D eigenvalue weighted by Gasteiger charge is -2.36. The summed E-state index contributed by atoms with van der Waals surface area (Å²) in [5.74, 6) is -0.00474. The Kier molecular flexibility index (Phi) is 6.34. The van der Waals surface area contributed by atoms with Gasteiger partial charge in [0.05, 0.1) is 0 Å². The molecule has 3 rings (SSSR count). The molecule has 0 unspecified atom stereocenters. The van der Waals surface area contributed by atoms with E-state index in [1.165, 1.54) is 0 Å². The topological polar surface area (TPSA) is 48.5 Å². The van der Waals surface area contributed by atoms with Gasteiger partial charge in [-0.2, -0.15) is 0 Å². The normalized spacial score (nSPS) is 14.4. The van der Waals surface area contributed by atoms with Crippen molar-refractivity contribution >= 4 is 28.9 Å². The molecule has 1 fully saturated rings. The zero-order valence-corrected chi connectivity index (χ0v) is 15.9. The van der Waals surface area contributed by atoms with Crippen LogP contribution in [0, 0.1) is 0 Å². The van der Waals surface area contributed by atoms with Gasteiger partial charge >= 0.3 is 0 Å². The Morgan fingerprint density at radius 1 is 1.19 bits per heavy atom. The molecule has 1 aliphatic heterocycles. The van der Waals surface area contributed by atoms with Gasteiger partial charge in [0.15, 0.2) is 0 Å². The molecule has 0 bridgehead atoms. The molecule has 1 aromatic carbocycles. The fourth-order valence-electron chi connectivity index (χ4n) is 3.07. The molecule has 2 aromatic rings. The van der Waals surface area contributed by atoms with Crippen molar-refractivity contribution in [1.82, 2.24) is 9.88 Å². The fraction of sp³-hybridized carbons (Fsp3) is 0.400. The van der Waals surface area contributed by atoms with Gasteiger partial charge in [0, 0.05) is 55.3 Å². The van der Waals surface area contributed by atoms with Crippen LogP contribution in [0.3, 0.4) is 0 Å². The molecule has 1 aliphatic rings. The van der Waals surface area contributed by atoms with Gasteiger partial charge in [-0.25, -0.2) is 0 Å². The number of unbranched alkanes of at least 4 members (excludes halogenated alkanes) is 1. The first kappa shape index (κ1) is 18.5. The minimum Gasteiger partial charge on any atom is -0.385 e. The molecule has 0 atom stereocenters. The summed E-state index contributed by atoms with van der Waals surface area (Å²) in [6, 6.07) is 11.6. The van der Waals surface area contributed by atoms with E-state index < -0.39 is 0 Å². The maximum absolute atomic E-state index is 12.8. The molecule has 1 N–H and O–H groups in total. The smallest absolute Gasteiger partial charge is 0.272 e. The highest BCUT2D eigenvalue weighted by Gasteiger charge is 2.23. The number of halogens is 1. The highest BCUT2D eigenvalue weighted by Crippen LogP contribution is 2.21. The van der Waals surface area contributed by atoms with Crippen LogP contribution in [-0.2, 0) is 0 Å². The number of amides is 1. The van der Waals surface area contributed by atoms with Crippen molar-refractivity contribution in [3.05, 3.63) is 53.3 Å². The summed E-state index contributed by atoms with van der Waals surface area (Å²) >= 11 is 6.08. The molecule has 5 nitrogen and oxygen atoms in total. The molecule has 6 heteroatoms. The number of piperazine rings is 1. The van der Waals surface area contributed by atoms with E-state index in [0.717, 1.165) is 48.9 Å². The highest BCUT2D eigenvalue weighted by atomic mass is 35.5. The van der Waals surface area contributed by atoms with Crippen molar-refractivity contribution in [2.45, 2.75) is 19.8 Å². The Morgan fingerprint density at radius 2 is 2.00 bits per heavy atom. The molecule has 1 saturated heterocycles. The lowest BCUT2D eigenvalue weighted by molar-refractivity contribution is 0.0741. The summed E-state index contributed by atoms with van der Waals surface area (Å²) in [5.41, 5.74) is 2.56. The quantitative estimate of drug-likeness (QED) is 0.781. The van der Waals surface area contributed by atoms with Crippen molar-refractivity contribution in [3.8, 4) is 0 Å². The van der Waals surface area contributed by atoms with Crippen LogP contribution in [0.2, 0.25) is 5.02 Å². The van der Waals surface area contributed by atoms with Crippen LogP contribution in [0.5, 0.6) is 0 Å². The number of nitrogens with zero attached hydrogens (tertiary/aromatic N) is 3. The van der Waals surface area contributed by atoms with Crippen LogP contribution in [0.25, 0.3) is 0 Å². The second kappa shape index (κ2) is 8.90. The van der Waals surface area contributed by atoms with Crippen LogP contribution in [0.4, 0.5) is 11.4 Å². The Labute approximate surface area is 160 Å². The molecule has 138 valence electrons. The van der Waals surface area contributed by atoms with Gasteiger partial charge in [0.25, 0.3) is 5.91 Å². The molecular formula is C20H25ClN4O. The third kappa shape index (κ3) is 4.67. The van der Waals surface area contributed by atoms with E-state index >= 15 is 0 Å². The summed E-state index contributed by atoms with van der Waals surface area (Å²) in [6.45, 7) is 6.01. The first-order valence-electron chi connectivity index (χ1n) is 9.17. The van der Waals surface area contributed by atoms with Crippen LogP contribution in [0.1, 0.15) is 30.3 Å². The van der Waals surface area contributed by atoms with Crippen molar-refractivity contribution in [1.29, 1.82) is 0 Å².